The van der Waals surface area contributed by atoms with E-state index >= 15 is 0 Å². The third kappa shape index (κ3) is 3.63. The molecule has 0 radical (unpaired) electrons. The molecule has 4 nitrogen and oxygen atoms in total. The molecule has 0 unspecified atom stereocenters. The molecular weight excluding hydrogens is 329 g/mol. The number of H-pyrrole nitrogens is 1. The SMILES string of the molecule is O=C(c1cc2ccccc2[nH]1)N1CCCN(Cc2ccc(F)cc2)CC1. The number of halogens is 1. The average Bonchev–Trinajstić information content (AvgIpc) is 2.96. The molecule has 26 heavy (non-hydrogen) atoms. The lowest BCUT2D eigenvalue weighted by Gasteiger charge is -2.21. The highest BCUT2D eigenvalue weighted by Crippen LogP contribution is 2.17. The van der Waals surface area contributed by atoms with E-state index < -0.39 is 0 Å². The third-order valence-corrected chi connectivity index (χ3v) is 4.96. The molecule has 2 aromatic carbocycles. The number of benzene rings is 2. The van der Waals surface area contributed by atoms with E-state index in [0.717, 1.165) is 49.1 Å². The van der Waals surface area contributed by atoms with Gasteiger partial charge in [-0.15, -0.1) is 0 Å². The lowest BCUT2D eigenvalue weighted by molar-refractivity contribution is 0.0756. The average molecular weight is 351 g/mol. The molecule has 2 heterocycles. The highest BCUT2D eigenvalue weighted by atomic mass is 19.1. The molecule has 0 atom stereocenters. The first kappa shape index (κ1) is 16.8. The maximum Gasteiger partial charge on any atom is 0.270 e. The molecule has 0 spiro atoms. The van der Waals surface area contributed by atoms with Gasteiger partial charge in [-0.05, 0) is 36.2 Å². The van der Waals surface area contributed by atoms with E-state index in [-0.39, 0.29) is 11.7 Å². The number of nitrogens with one attached hydrogen (secondary N) is 1. The second-order valence-corrected chi connectivity index (χ2v) is 6.82. The first-order valence-corrected chi connectivity index (χ1v) is 9.03. The van der Waals surface area contributed by atoms with Gasteiger partial charge in [-0.25, -0.2) is 4.39 Å². The number of carbonyl (C=O) groups is 1. The highest BCUT2D eigenvalue weighted by Gasteiger charge is 2.21. The van der Waals surface area contributed by atoms with Gasteiger partial charge in [0, 0.05) is 43.6 Å². The quantitative estimate of drug-likeness (QED) is 0.782. The fourth-order valence-electron chi connectivity index (χ4n) is 3.54. The van der Waals surface area contributed by atoms with Crippen molar-refractivity contribution in [3.05, 3.63) is 71.7 Å². The van der Waals surface area contributed by atoms with Crippen LogP contribution in [0, 0.1) is 5.82 Å². The van der Waals surface area contributed by atoms with Gasteiger partial charge in [0.05, 0.1) is 0 Å². The Bertz CT molecular complexity index is 870. The Morgan fingerprint density at radius 1 is 1.00 bits per heavy atom. The molecule has 1 N–H and O–H groups in total. The highest BCUT2D eigenvalue weighted by molar-refractivity contribution is 5.98. The predicted molar refractivity (Wildman–Crippen MR) is 100 cm³/mol. The second kappa shape index (κ2) is 7.30. The van der Waals surface area contributed by atoms with Gasteiger partial charge in [0.15, 0.2) is 0 Å². The maximum atomic E-state index is 13.0. The van der Waals surface area contributed by atoms with Gasteiger partial charge in [-0.1, -0.05) is 30.3 Å². The molecule has 1 saturated heterocycles. The van der Waals surface area contributed by atoms with Crippen LogP contribution in [0.15, 0.2) is 54.6 Å². The van der Waals surface area contributed by atoms with E-state index in [4.69, 9.17) is 0 Å². The van der Waals surface area contributed by atoms with E-state index in [9.17, 15) is 9.18 Å². The Morgan fingerprint density at radius 2 is 1.81 bits per heavy atom. The maximum absolute atomic E-state index is 13.0. The van der Waals surface area contributed by atoms with Gasteiger partial charge >= 0.3 is 0 Å². The Hall–Kier alpha value is -2.66. The zero-order valence-electron chi connectivity index (χ0n) is 14.6. The van der Waals surface area contributed by atoms with Crippen LogP contribution in [0.1, 0.15) is 22.5 Å². The molecule has 134 valence electrons. The molecule has 0 aliphatic carbocycles. The number of nitrogens with zero attached hydrogens (tertiary/aromatic N) is 2. The summed E-state index contributed by atoms with van der Waals surface area (Å²) in [6, 6.07) is 16.5. The summed E-state index contributed by atoms with van der Waals surface area (Å²) in [5.74, 6) is -0.149. The number of para-hydroxylation sites is 1. The van der Waals surface area contributed by atoms with Crippen LogP contribution in [-0.4, -0.2) is 46.9 Å². The van der Waals surface area contributed by atoms with E-state index in [0.29, 0.717) is 12.2 Å². The smallest absolute Gasteiger partial charge is 0.270 e. The van der Waals surface area contributed by atoms with Crippen molar-refractivity contribution in [2.75, 3.05) is 26.2 Å². The molecule has 3 aromatic rings. The summed E-state index contributed by atoms with van der Waals surface area (Å²) in [5, 5.41) is 1.06. The lowest BCUT2D eigenvalue weighted by Crippen LogP contribution is -2.35. The van der Waals surface area contributed by atoms with Crippen molar-refractivity contribution in [3.63, 3.8) is 0 Å². The number of rotatable bonds is 3. The number of carbonyl (C=O) groups excluding carboxylic acids is 1. The fourth-order valence-corrected chi connectivity index (χ4v) is 3.54. The van der Waals surface area contributed by atoms with Crippen LogP contribution in [0.5, 0.6) is 0 Å². The number of amides is 1. The standard InChI is InChI=1S/C21H22FN3O/c22-18-8-6-16(7-9-18)15-24-10-3-11-25(13-12-24)21(26)20-14-17-4-1-2-5-19(17)23-20/h1-2,4-9,14,23H,3,10-13,15H2. The summed E-state index contributed by atoms with van der Waals surface area (Å²) < 4.78 is 13.0. The lowest BCUT2D eigenvalue weighted by atomic mass is 10.2. The molecule has 0 bridgehead atoms. The van der Waals surface area contributed by atoms with Crippen molar-refractivity contribution < 1.29 is 9.18 Å². The summed E-state index contributed by atoms with van der Waals surface area (Å²) in [4.78, 5) is 20.3. The summed E-state index contributed by atoms with van der Waals surface area (Å²) in [6.45, 7) is 4.01. The zero-order valence-corrected chi connectivity index (χ0v) is 14.6. The normalized spacial score (nSPS) is 16.0. The van der Waals surface area contributed by atoms with E-state index in [1.165, 1.54) is 12.1 Å². The molecule has 1 amide bonds. The zero-order chi connectivity index (χ0) is 17.9. The minimum atomic E-state index is -0.209. The van der Waals surface area contributed by atoms with Crippen LogP contribution in [0.25, 0.3) is 10.9 Å². The van der Waals surface area contributed by atoms with Gasteiger partial charge in [-0.2, -0.15) is 0 Å². The first-order chi connectivity index (χ1) is 12.7. The minimum absolute atomic E-state index is 0.0600. The van der Waals surface area contributed by atoms with E-state index in [2.05, 4.69) is 9.88 Å². The summed E-state index contributed by atoms with van der Waals surface area (Å²) >= 11 is 0. The van der Waals surface area contributed by atoms with Crippen LogP contribution in [-0.2, 0) is 6.54 Å². The Morgan fingerprint density at radius 3 is 2.62 bits per heavy atom. The molecular formula is C21H22FN3O. The third-order valence-electron chi connectivity index (χ3n) is 4.96. The van der Waals surface area contributed by atoms with Crippen LogP contribution in [0.3, 0.4) is 0 Å². The van der Waals surface area contributed by atoms with Crippen LogP contribution >= 0.6 is 0 Å². The number of fused-ring (bicyclic) bond motifs is 1. The van der Waals surface area contributed by atoms with Gasteiger partial charge in [0.1, 0.15) is 11.5 Å². The number of aromatic amines is 1. The van der Waals surface area contributed by atoms with E-state index in [1.54, 1.807) is 0 Å². The van der Waals surface area contributed by atoms with Crippen molar-refractivity contribution in [1.29, 1.82) is 0 Å². The van der Waals surface area contributed by atoms with Gasteiger partial charge in [0.25, 0.3) is 5.91 Å². The molecule has 1 aliphatic rings. The van der Waals surface area contributed by atoms with Gasteiger partial charge < -0.3 is 9.88 Å². The number of hydrogen-bond acceptors (Lipinski definition) is 2. The Labute approximate surface area is 152 Å². The summed E-state index contributed by atoms with van der Waals surface area (Å²) in [6.07, 6.45) is 0.938. The van der Waals surface area contributed by atoms with Crippen molar-refractivity contribution >= 4 is 16.8 Å². The number of aromatic nitrogens is 1. The van der Waals surface area contributed by atoms with Crippen molar-refractivity contribution in [2.24, 2.45) is 0 Å². The van der Waals surface area contributed by atoms with Crippen molar-refractivity contribution in [3.8, 4) is 0 Å². The summed E-state index contributed by atoms with van der Waals surface area (Å²) in [7, 11) is 0. The molecule has 5 heteroatoms. The minimum Gasteiger partial charge on any atom is -0.351 e. The Balaban J connectivity index is 1.41. The molecule has 1 aliphatic heterocycles. The summed E-state index contributed by atoms with van der Waals surface area (Å²) in [5.41, 5.74) is 2.74. The molecule has 1 aromatic heterocycles. The topological polar surface area (TPSA) is 39.3 Å². The van der Waals surface area contributed by atoms with Crippen LogP contribution < -0.4 is 0 Å². The van der Waals surface area contributed by atoms with Crippen LogP contribution in [0.2, 0.25) is 0 Å². The Kier molecular flexibility index (Phi) is 4.71. The number of hydrogen-bond donors (Lipinski definition) is 1. The molecule has 1 fully saturated rings. The van der Waals surface area contributed by atoms with Crippen molar-refractivity contribution in [1.82, 2.24) is 14.8 Å². The molecule has 0 saturated carbocycles. The van der Waals surface area contributed by atoms with Crippen molar-refractivity contribution in [2.45, 2.75) is 13.0 Å². The molecule has 4 rings (SSSR count). The van der Waals surface area contributed by atoms with Crippen LogP contribution in [0.4, 0.5) is 4.39 Å². The first-order valence-electron chi connectivity index (χ1n) is 9.03. The predicted octanol–water partition coefficient (Wildman–Crippen LogP) is 3.66. The fraction of sp³-hybridized carbons (Fsp3) is 0.286. The monoisotopic (exact) mass is 351 g/mol. The van der Waals surface area contributed by atoms with E-state index in [1.807, 2.05) is 47.4 Å². The van der Waals surface area contributed by atoms with Gasteiger partial charge in [-0.3, -0.25) is 9.69 Å². The second-order valence-electron chi connectivity index (χ2n) is 6.82. The van der Waals surface area contributed by atoms with Gasteiger partial charge in [0.2, 0.25) is 0 Å². The largest absolute Gasteiger partial charge is 0.351 e.